The van der Waals surface area contributed by atoms with E-state index in [9.17, 15) is 4.79 Å². The summed E-state index contributed by atoms with van der Waals surface area (Å²) in [5, 5.41) is 2.67. The number of carbonyl (C=O) groups excluding carboxylic acids is 1. The van der Waals surface area contributed by atoms with Crippen molar-refractivity contribution < 1.29 is 4.79 Å². The first-order valence-electron chi connectivity index (χ1n) is 5.96. The van der Waals surface area contributed by atoms with E-state index in [4.69, 9.17) is 0 Å². The predicted molar refractivity (Wildman–Crippen MR) is 63.5 cm³/mol. The Labute approximate surface area is 93.1 Å². The summed E-state index contributed by atoms with van der Waals surface area (Å²) in [7, 11) is 1.69. The molecular weight excluding hydrogens is 186 g/mol. The molecule has 0 saturated heterocycles. The van der Waals surface area contributed by atoms with Gasteiger partial charge in [0.15, 0.2) is 0 Å². The maximum Gasteiger partial charge on any atom is 0.243 e. The fraction of sp³-hybridized carbons (Fsp3) is 0.769. The normalized spacial score (nSPS) is 29.5. The molecule has 1 amide bonds. The monoisotopic (exact) mass is 209 g/mol. The van der Waals surface area contributed by atoms with E-state index in [1.165, 1.54) is 18.4 Å². The number of rotatable bonds is 2. The summed E-state index contributed by atoms with van der Waals surface area (Å²) in [5.41, 5.74) is 1.35. The molecular formula is C13H23NO. The Balaban J connectivity index is 2.78. The molecule has 0 aromatic rings. The highest BCUT2D eigenvalue weighted by Crippen LogP contribution is 2.37. The second-order valence-electron chi connectivity index (χ2n) is 5.07. The average Bonchev–Trinajstić information content (AvgIpc) is 2.17. The minimum absolute atomic E-state index is 0.0461. The number of likely N-dealkylation sites (N-methyl/N-ethyl adjacent to an activating group) is 1. The third-order valence-electron chi connectivity index (χ3n) is 3.40. The van der Waals surface area contributed by atoms with Crippen molar-refractivity contribution in [3.8, 4) is 0 Å². The molecule has 2 atom stereocenters. The molecule has 0 bridgehead atoms. The van der Waals surface area contributed by atoms with E-state index < -0.39 is 0 Å². The second-order valence-corrected chi connectivity index (χ2v) is 5.07. The zero-order chi connectivity index (χ0) is 11.4. The van der Waals surface area contributed by atoms with Crippen LogP contribution in [0, 0.1) is 17.8 Å². The minimum atomic E-state index is 0.0461. The minimum Gasteiger partial charge on any atom is -0.356 e. The maximum atomic E-state index is 11.4. The molecule has 0 unspecified atom stereocenters. The summed E-state index contributed by atoms with van der Waals surface area (Å²) >= 11 is 0. The zero-order valence-electron chi connectivity index (χ0n) is 10.3. The molecule has 0 aromatic heterocycles. The van der Waals surface area contributed by atoms with Crippen LogP contribution in [0.3, 0.4) is 0 Å². The van der Waals surface area contributed by atoms with Crippen molar-refractivity contribution in [1.82, 2.24) is 5.32 Å². The van der Waals surface area contributed by atoms with Gasteiger partial charge < -0.3 is 5.32 Å². The standard InChI is InChI=1S/C13H23NO/c1-9(2)12-6-5-10(3)7-11(12)8-13(15)14-4/h8-10,12H,5-7H2,1-4H3,(H,14,15)/b11-8+/t10-,12+/m1/s1. The van der Waals surface area contributed by atoms with Gasteiger partial charge in [-0.1, -0.05) is 26.3 Å². The van der Waals surface area contributed by atoms with E-state index in [0.717, 1.165) is 12.3 Å². The summed E-state index contributed by atoms with van der Waals surface area (Å²) in [6.45, 7) is 6.77. The van der Waals surface area contributed by atoms with Crippen molar-refractivity contribution in [3.63, 3.8) is 0 Å². The molecule has 0 radical (unpaired) electrons. The van der Waals surface area contributed by atoms with E-state index in [-0.39, 0.29) is 5.91 Å². The summed E-state index contributed by atoms with van der Waals surface area (Å²) in [6.07, 6.45) is 5.45. The molecule has 1 saturated carbocycles. The first kappa shape index (κ1) is 12.3. The van der Waals surface area contributed by atoms with Gasteiger partial charge >= 0.3 is 0 Å². The smallest absolute Gasteiger partial charge is 0.243 e. The van der Waals surface area contributed by atoms with Gasteiger partial charge in [0, 0.05) is 13.1 Å². The van der Waals surface area contributed by atoms with Crippen LogP contribution in [0.25, 0.3) is 0 Å². The van der Waals surface area contributed by atoms with Crippen LogP contribution in [0.15, 0.2) is 11.6 Å². The molecule has 2 nitrogen and oxygen atoms in total. The fourth-order valence-corrected chi connectivity index (χ4v) is 2.47. The summed E-state index contributed by atoms with van der Waals surface area (Å²) in [6, 6.07) is 0. The Morgan fingerprint density at radius 1 is 1.47 bits per heavy atom. The topological polar surface area (TPSA) is 29.1 Å². The van der Waals surface area contributed by atoms with Crippen LogP contribution in [-0.4, -0.2) is 13.0 Å². The lowest BCUT2D eigenvalue weighted by molar-refractivity contribution is -0.116. The highest BCUT2D eigenvalue weighted by molar-refractivity contribution is 5.88. The second kappa shape index (κ2) is 5.34. The Kier molecular flexibility index (Phi) is 4.37. The Bertz CT molecular complexity index is 255. The van der Waals surface area contributed by atoms with Gasteiger partial charge in [0.25, 0.3) is 0 Å². The molecule has 1 N–H and O–H groups in total. The van der Waals surface area contributed by atoms with Crippen molar-refractivity contribution in [3.05, 3.63) is 11.6 Å². The number of hydrogen-bond donors (Lipinski definition) is 1. The Morgan fingerprint density at radius 3 is 2.67 bits per heavy atom. The summed E-state index contributed by atoms with van der Waals surface area (Å²) < 4.78 is 0. The Hall–Kier alpha value is -0.790. The highest BCUT2D eigenvalue weighted by atomic mass is 16.1. The SMILES string of the molecule is CNC(=O)/C=C1\C[C@H](C)CC[C@H]1C(C)C. The van der Waals surface area contributed by atoms with Gasteiger partial charge in [-0.15, -0.1) is 0 Å². The zero-order valence-corrected chi connectivity index (χ0v) is 10.3. The van der Waals surface area contributed by atoms with Crippen molar-refractivity contribution >= 4 is 5.91 Å². The molecule has 0 aromatic carbocycles. The quantitative estimate of drug-likeness (QED) is 0.696. The predicted octanol–water partition coefficient (Wildman–Crippen LogP) is 2.75. The summed E-state index contributed by atoms with van der Waals surface area (Å²) in [5.74, 6) is 2.03. The Morgan fingerprint density at radius 2 is 2.13 bits per heavy atom. The molecule has 1 fully saturated rings. The van der Waals surface area contributed by atoms with E-state index in [2.05, 4.69) is 26.1 Å². The van der Waals surface area contributed by atoms with Crippen molar-refractivity contribution in [2.45, 2.75) is 40.0 Å². The lowest BCUT2D eigenvalue weighted by Crippen LogP contribution is -2.23. The van der Waals surface area contributed by atoms with Crippen LogP contribution < -0.4 is 5.32 Å². The number of hydrogen-bond acceptors (Lipinski definition) is 1. The molecule has 1 rings (SSSR count). The van der Waals surface area contributed by atoms with E-state index in [1.54, 1.807) is 7.05 Å². The van der Waals surface area contributed by atoms with Crippen molar-refractivity contribution in [2.24, 2.45) is 17.8 Å². The van der Waals surface area contributed by atoms with Crippen LogP contribution in [0.2, 0.25) is 0 Å². The van der Waals surface area contributed by atoms with Gasteiger partial charge in [-0.25, -0.2) is 0 Å². The number of carbonyl (C=O) groups is 1. The molecule has 0 heterocycles. The third-order valence-corrected chi connectivity index (χ3v) is 3.40. The lowest BCUT2D eigenvalue weighted by atomic mass is 9.74. The van der Waals surface area contributed by atoms with Crippen LogP contribution in [0.5, 0.6) is 0 Å². The fourth-order valence-electron chi connectivity index (χ4n) is 2.47. The van der Waals surface area contributed by atoms with Crippen LogP contribution >= 0.6 is 0 Å². The van der Waals surface area contributed by atoms with Gasteiger partial charge in [-0.05, 0) is 37.0 Å². The average molecular weight is 209 g/mol. The van der Waals surface area contributed by atoms with Crippen LogP contribution in [0.4, 0.5) is 0 Å². The molecule has 2 heteroatoms. The van der Waals surface area contributed by atoms with Gasteiger partial charge in [0.1, 0.15) is 0 Å². The maximum absolute atomic E-state index is 11.4. The number of nitrogens with one attached hydrogen (secondary N) is 1. The van der Waals surface area contributed by atoms with E-state index >= 15 is 0 Å². The molecule has 86 valence electrons. The number of amides is 1. The van der Waals surface area contributed by atoms with Crippen LogP contribution in [0.1, 0.15) is 40.0 Å². The molecule has 1 aliphatic carbocycles. The largest absolute Gasteiger partial charge is 0.356 e. The van der Waals surface area contributed by atoms with E-state index in [1.807, 2.05) is 6.08 Å². The molecule has 15 heavy (non-hydrogen) atoms. The van der Waals surface area contributed by atoms with Gasteiger partial charge in [0.05, 0.1) is 0 Å². The van der Waals surface area contributed by atoms with Gasteiger partial charge in [-0.2, -0.15) is 0 Å². The molecule has 0 aliphatic heterocycles. The van der Waals surface area contributed by atoms with Crippen molar-refractivity contribution in [1.29, 1.82) is 0 Å². The summed E-state index contributed by atoms with van der Waals surface area (Å²) in [4.78, 5) is 11.4. The van der Waals surface area contributed by atoms with E-state index in [0.29, 0.717) is 11.8 Å². The number of allylic oxidation sites excluding steroid dienone is 1. The van der Waals surface area contributed by atoms with Gasteiger partial charge in [-0.3, -0.25) is 4.79 Å². The first-order valence-corrected chi connectivity index (χ1v) is 5.96. The van der Waals surface area contributed by atoms with Gasteiger partial charge in [0.2, 0.25) is 5.91 Å². The lowest BCUT2D eigenvalue weighted by Gasteiger charge is -2.32. The molecule has 1 aliphatic rings. The van der Waals surface area contributed by atoms with Crippen molar-refractivity contribution in [2.75, 3.05) is 7.05 Å². The third kappa shape index (κ3) is 3.37. The first-order chi connectivity index (χ1) is 7.04. The van der Waals surface area contributed by atoms with Crippen LogP contribution in [-0.2, 0) is 4.79 Å². The highest BCUT2D eigenvalue weighted by Gasteiger charge is 2.25. The molecule has 0 spiro atoms.